The van der Waals surface area contributed by atoms with E-state index in [4.69, 9.17) is 0 Å². The molecule has 1 aliphatic heterocycles. The number of aromatic nitrogens is 2. The Bertz CT molecular complexity index is 593. The van der Waals surface area contributed by atoms with Crippen LogP contribution in [-0.2, 0) is 16.1 Å². The third-order valence-electron chi connectivity index (χ3n) is 4.81. The van der Waals surface area contributed by atoms with Gasteiger partial charge in [0.25, 0.3) is 0 Å². The number of imidazole rings is 1. The zero-order valence-electron chi connectivity index (χ0n) is 16.3. The highest BCUT2D eigenvalue weighted by atomic mass is 16.5. The highest BCUT2D eigenvalue weighted by Gasteiger charge is 2.29. The van der Waals surface area contributed by atoms with Crippen LogP contribution in [-0.4, -0.2) is 78.2 Å². The van der Waals surface area contributed by atoms with Crippen LogP contribution in [0.1, 0.15) is 37.9 Å². The molecule has 0 unspecified atom stereocenters. The molecule has 1 N–H and O–H groups in total. The van der Waals surface area contributed by atoms with Gasteiger partial charge in [-0.15, -0.1) is 0 Å². The number of likely N-dealkylation sites (tertiary alicyclic amines) is 1. The number of amides is 2. The average molecular weight is 365 g/mol. The fourth-order valence-corrected chi connectivity index (χ4v) is 3.36. The molecule has 0 radical (unpaired) electrons. The van der Waals surface area contributed by atoms with Gasteiger partial charge in [-0.05, 0) is 46.8 Å². The fourth-order valence-electron chi connectivity index (χ4n) is 3.36. The number of carbonyl (C=O) groups excluding carboxylic acids is 2. The van der Waals surface area contributed by atoms with E-state index in [1.807, 2.05) is 17.3 Å². The van der Waals surface area contributed by atoms with Gasteiger partial charge in [0, 0.05) is 37.9 Å². The molecule has 1 aromatic rings. The summed E-state index contributed by atoms with van der Waals surface area (Å²) in [6.07, 6.45) is 6.20. The van der Waals surface area contributed by atoms with Crippen molar-refractivity contribution in [1.82, 2.24) is 24.7 Å². The monoisotopic (exact) mass is 365 g/mol. The Balaban J connectivity index is 1.86. The third-order valence-corrected chi connectivity index (χ3v) is 4.81. The smallest absolute Gasteiger partial charge is 0.407 e. The van der Waals surface area contributed by atoms with Gasteiger partial charge in [0.2, 0.25) is 5.91 Å². The number of piperidine rings is 1. The Morgan fingerprint density at radius 2 is 2.08 bits per heavy atom. The summed E-state index contributed by atoms with van der Waals surface area (Å²) in [5.41, 5.74) is 0. The van der Waals surface area contributed by atoms with Gasteiger partial charge in [-0.1, -0.05) is 0 Å². The third kappa shape index (κ3) is 5.45. The molecule has 26 heavy (non-hydrogen) atoms. The molecule has 146 valence electrons. The summed E-state index contributed by atoms with van der Waals surface area (Å²) in [5, 5.41) is 2.53. The van der Waals surface area contributed by atoms with E-state index >= 15 is 0 Å². The van der Waals surface area contributed by atoms with Gasteiger partial charge in [0.1, 0.15) is 11.9 Å². The number of hydrogen-bond donors (Lipinski definition) is 1. The molecule has 1 aliphatic rings. The van der Waals surface area contributed by atoms with Crippen molar-refractivity contribution < 1.29 is 14.3 Å². The number of methoxy groups -OCH3 is 1. The lowest BCUT2D eigenvalue weighted by Crippen LogP contribution is -2.49. The average Bonchev–Trinajstić information content (AvgIpc) is 3.09. The van der Waals surface area contributed by atoms with Crippen LogP contribution in [0.5, 0.6) is 0 Å². The van der Waals surface area contributed by atoms with Crippen molar-refractivity contribution in [3.63, 3.8) is 0 Å². The van der Waals surface area contributed by atoms with Gasteiger partial charge >= 0.3 is 6.09 Å². The number of rotatable bonds is 7. The summed E-state index contributed by atoms with van der Waals surface area (Å²) in [7, 11) is 5.45. The molecule has 0 spiro atoms. The minimum absolute atomic E-state index is 0.0665. The van der Waals surface area contributed by atoms with Crippen LogP contribution in [0, 0.1) is 0 Å². The summed E-state index contributed by atoms with van der Waals surface area (Å²) in [4.78, 5) is 32.3. The van der Waals surface area contributed by atoms with E-state index in [-0.39, 0.29) is 5.91 Å². The highest BCUT2D eigenvalue weighted by Crippen LogP contribution is 2.27. The molecule has 0 saturated carbocycles. The second-order valence-corrected chi connectivity index (χ2v) is 7.09. The van der Waals surface area contributed by atoms with E-state index in [1.54, 1.807) is 6.92 Å². The topological polar surface area (TPSA) is 79.7 Å². The van der Waals surface area contributed by atoms with Crippen LogP contribution in [0.2, 0.25) is 0 Å². The van der Waals surface area contributed by atoms with Crippen LogP contribution in [0.25, 0.3) is 0 Å². The Kier molecular flexibility index (Phi) is 7.44. The second-order valence-electron chi connectivity index (χ2n) is 7.09. The number of aryl methyl sites for hydroxylation is 1. The first-order chi connectivity index (χ1) is 12.4. The number of alkyl carbamates (subject to hydrolysis) is 1. The molecule has 8 heteroatoms. The molecule has 1 fully saturated rings. The predicted octanol–water partition coefficient (Wildman–Crippen LogP) is 1.29. The Labute approximate surface area is 155 Å². The number of nitrogens with one attached hydrogen (secondary N) is 1. The van der Waals surface area contributed by atoms with E-state index < -0.39 is 12.1 Å². The zero-order chi connectivity index (χ0) is 19.1. The molecule has 8 nitrogen and oxygen atoms in total. The molecule has 1 atom stereocenters. The van der Waals surface area contributed by atoms with Crippen molar-refractivity contribution in [2.75, 3.05) is 40.8 Å². The van der Waals surface area contributed by atoms with Crippen LogP contribution >= 0.6 is 0 Å². The number of ether oxygens (including phenoxy) is 1. The van der Waals surface area contributed by atoms with Crippen molar-refractivity contribution in [1.29, 1.82) is 0 Å². The van der Waals surface area contributed by atoms with Crippen molar-refractivity contribution in [3.8, 4) is 0 Å². The van der Waals surface area contributed by atoms with E-state index in [0.717, 1.165) is 38.2 Å². The Morgan fingerprint density at radius 3 is 2.69 bits per heavy atom. The van der Waals surface area contributed by atoms with Gasteiger partial charge in [0.15, 0.2) is 0 Å². The maximum Gasteiger partial charge on any atom is 0.407 e. The second kappa shape index (κ2) is 9.56. The van der Waals surface area contributed by atoms with Crippen molar-refractivity contribution >= 4 is 12.0 Å². The maximum atomic E-state index is 12.4. The van der Waals surface area contributed by atoms with E-state index in [2.05, 4.69) is 38.6 Å². The quantitative estimate of drug-likeness (QED) is 0.787. The molecule has 2 amide bonds. The van der Waals surface area contributed by atoms with E-state index in [9.17, 15) is 9.59 Å². The summed E-state index contributed by atoms with van der Waals surface area (Å²) in [6.45, 7) is 5.06. The summed E-state index contributed by atoms with van der Waals surface area (Å²) in [5.74, 6) is 1.43. The van der Waals surface area contributed by atoms with Crippen LogP contribution in [0.4, 0.5) is 4.79 Å². The van der Waals surface area contributed by atoms with Crippen LogP contribution in [0.15, 0.2) is 12.4 Å². The standard InChI is InChI=1S/C18H31N5O3/c1-14(20-18(25)26-4)17(24)23-11-6-15(7-12-23)16-19-8-13-22(16)10-5-9-21(2)3/h8,13-15H,5-7,9-12H2,1-4H3,(H,20,25)/t14-/m0/s1. The van der Waals surface area contributed by atoms with Gasteiger partial charge in [-0.25, -0.2) is 9.78 Å². The number of nitrogens with zero attached hydrogens (tertiary/aromatic N) is 4. The highest BCUT2D eigenvalue weighted by molar-refractivity contribution is 5.85. The minimum Gasteiger partial charge on any atom is -0.453 e. The van der Waals surface area contributed by atoms with Crippen molar-refractivity contribution in [3.05, 3.63) is 18.2 Å². The molecular weight excluding hydrogens is 334 g/mol. The Morgan fingerprint density at radius 1 is 1.38 bits per heavy atom. The van der Waals surface area contributed by atoms with Gasteiger partial charge in [0.05, 0.1) is 7.11 Å². The first kappa shape index (κ1) is 20.2. The number of hydrogen-bond acceptors (Lipinski definition) is 5. The Hall–Kier alpha value is -2.09. The minimum atomic E-state index is -0.583. The SMILES string of the molecule is COC(=O)N[C@@H](C)C(=O)N1CCC(c2nccn2CCCN(C)C)CC1. The summed E-state index contributed by atoms with van der Waals surface area (Å²) in [6, 6.07) is -0.577. The van der Waals surface area contributed by atoms with Crippen LogP contribution in [0.3, 0.4) is 0 Å². The fraction of sp³-hybridized carbons (Fsp3) is 0.722. The number of carbonyl (C=O) groups is 2. The summed E-state index contributed by atoms with van der Waals surface area (Å²) >= 11 is 0. The first-order valence-electron chi connectivity index (χ1n) is 9.21. The lowest BCUT2D eigenvalue weighted by molar-refractivity contribution is -0.134. The van der Waals surface area contributed by atoms with Crippen molar-refractivity contribution in [2.24, 2.45) is 0 Å². The van der Waals surface area contributed by atoms with E-state index in [0.29, 0.717) is 19.0 Å². The normalized spacial score (nSPS) is 16.6. The molecule has 0 aromatic carbocycles. The van der Waals surface area contributed by atoms with Crippen molar-refractivity contribution in [2.45, 2.75) is 44.7 Å². The molecule has 0 aliphatic carbocycles. The molecule has 1 saturated heterocycles. The van der Waals surface area contributed by atoms with Gasteiger partial charge in [-0.3, -0.25) is 4.79 Å². The van der Waals surface area contributed by atoms with Crippen LogP contribution < -0.4 is 5.32 Å². The predicted molar refractivity (Wildman–Crippen MR) is 99.0 cm³/mol. The molecule has 0 bridgehead atoms. The largest absolute Gasteiger partial charge is 0.453 e. The molecular formula is C18H31N5O3. The lowest BCUT2D eigenvalue weighted by Gasteiger charge is -2.33. The van der Waals surface area contributed by atoms with E-state index in [1.165, 1.54) is 7.11 Å². The maximum absolute atomic E-state index is 12.4. The molecule has 2 rings (SSSR count). The zero-order valence-corrected chi connectivity index (χ0v) is 16.3. The van der Waals surface area contributed by atoms with Gasteiger partial charge in [-0.2, -0.15) is 0 Å². The molecule has 2 heterocycles. The lowest BCUT2D eigenvalue weighted by atomic mass is 9.95. The summed E-state index contributed by atoms with van der Waals surface area (Å²) < 4.78 is 6.79. The van der Waals surface area contributed by atoms with Gasteiger partial charge < -0.3 is 24.4 Å². The molecule has 1 aromatic heterocycles. The first-order valence-corrected chi connectivity index (χ1v) is 9.21.